The van der Waals surface area contributed by atoms with Crippen molar-refractivity contribution in [1.82, 2.24) is 24.3 Å². The highest BCUT2D eigenvalue weighted by Gasteiger charge is 2.31. The average Bonchev–Trinajstić information content (AvgIpc) is 3.39. The molecule has 3 heterocycles. The predicted octanol–water partition coefficient (Wildman–Crippen LogP) is 5.56. The third-order valence-corrected chi connectivity index (χ3v) is 6.22. The van der Waals surface area contributed by atoms with Gasteiger partial charge in [0.05, 0.1) is 12.0 Å². The van der Waals surface area contributed by atoms with Crippen molar-refractivity contribution in [2.45, 2.75) is 39.7 Å². The van der Waals surface area contributed by atoms with Gasteiger partial charge < -0.3 is 4.57 Å². The van der Waals surface area contributed by atoms with Crippen LogP contribution in [0.4, 0.5) is 4.39 Å². The molecule has 1 aliphatic heterocycles. The van der Waals surface area contributed by atoms with Gasteiger partial charge in [-0.25, -0.2) is 19.0 Å². The number of hydrogen-bond acceptors (Lipinski definition) is 3. The van der Waals surface area contributed by atoms with Gasteiger partial charge in [0.15, 0.2) is 5.82 Å². The lowest BCUT2D eigenvalue weighted by Gasteiger charge is -2.28. The summed E-state index contributed by atoms with van der Waals surface area (Å²) in [5, 5.41) is 4.72. The molecule has 0 saturated carbocycles. The number of nitrogens with zero attached hydrogens (tertiary/aromatic N) is 5. The van der Waals surface area contributed by atoms with Gasteiger partial charge in [-0.05, 0) is 73.2 Å². The summed E-state index contributed by atoms with van der Waals surface area (Å²) in [5.41, 5.74) is 5.47. The van der Waals surface area contributed by atoms with Crippen LogP contribution in [0.15, 0.2) is 55.0 Å². The van der Waals surface area contributed by atoms with Crippen molar-refractivity contribution in [3.05, 3.63) is 94.8 Å². The van der Waals surface area contributed by atoms with E-state index in [1.165, 1.54) is 17.7 Å². The van der Waals surface area contributed by atoms with Crippen molar-refractivity contribution in [2.24, 2.45) is 5.92 Å². The topological polar surface area (TPSA) is 48.5 Å². The highest BCUT2D eigenvalue weighted by atomic mass is 19.1. The van der Waals surface area contributed by atoms with E-state index < -0.39 is 0 Å². The van der Waals surface area contributed by atoms with E-state index in [2.05, 4.69) is 37.0 Å². The smallest absolute Gasteiger partial charge is 0.174 e. The first-order valence-electron chi connectivity index (χ1n) is 11.0. The normalized spacial score (nSPS) is 18.2. The number of imidazole rings is 1. The first-order valence-corrected chi connectivity index (χ1v) is 11.0. The third-order valence-electron chi connectivity index (χ3n) is 6.22. The van der Waals surface area contributed by atoms with E-state index in [4.69, 9.17) is 10.1 Å². The maximum absolute atomic E-state index is 13.4. The van der Waals surface area contributed by atoms with Crippen molar-refractivity contribution in [3.8, 4) is 5.69 Å². The Morgan fingerprint density at radius 1 is 1.06 bits per heavy atom. The summed E-state index contributed by atoms with van der Waals surface area (Å²) in [6.07, 6.45) is 8.90. The van der Waals surface area contributed by atoms with Gasteiger partial charge in [0.25, 0.3) is 0 Å². The van der Waals surface area contributed by atoms with Crippen molar-refractivity contribution >= 4 is 12.2 Å². The molecule has 162 valence electrons. The summed E-state index contributed by atoms with van der Waals surface area (Å²) < 4.78 is 17.5. The van der Waals surface area contributed by atoms with Crippen molar-refractivity contribution in [2.75, 3.05) is 0 Å². The minimum absolute atomic E-state index is 0.124. The zero-order valence-electron chi connectivity index (χ0n) is 18.5. The van der Waals surface area contributed by atoms with Crippen molar-refractivity contribution < 1.29 is 4.39 Å². The lowest BCUT2D eigenvalue weighted by Crippen LogP contribution is -2.24. The van der Waals surface area contributed by atoms with Crippen LogP contribution in [-0.2, 0) is 6.54 Å². The summed E-state index contributed by atoms with van der Waals surface area (Å²) >= 11 is 0. The van der Waals surface area contributed by atoms with E-state index in [9.17, 15) is 4.39 Å². The molecule has 32 heavy (non-hydrogen) atoms. The molecule has 2 aromatic heterocycles. The molecule has 4 aromatic rings. The maximum atomic E-state index is 13.4. The number of aromatic nitrogens is 5. The zero-order chi connectivity index (χ0) is 22.2. The summed E-state index contributed by atoms with van der Waals surface area (Å²) in [6.45, 7) is 7.17. The Balaban J connectivity index is 1.41. The van der Waals surface area contributed by atoms with Crippen molar-refractivity contribution in [3.63, 3.8) is 0 Å². The van der Waals surface area contributed by atoms with Gasteiger partial charge in [-0.1, -0.05) is 31.2 Å². The second-order valence-corrected chi connectivity index (χ2v) is 8.65. The fraction of sp³-hybridized carbons (Fsp3) is 0.269. The summed E-state index contributed by atoms with van der Waals surface area (Å²) in [4.78, 5) is 9.16. The van der Waals surface area contributed by atoms with Crippen LogP contribution in [0.2, 0.25) is 0 Å². The molecule has 5 rings (SSSR count). The van der Waals surface area contributed by atoms with Crippen molar-refractivity contribution in [1.29, 1.82) is 0 Å². The SMILES string of the molecule is Cc1cn(-c2ccc(/C=C/c3nc4n(n3)CC[C@H](C)[C@H]4c3ccc(F)cc3)cc2C)cn1. The summed E-state index contributed by atoms with van der Waals surface area (Å²) in [6, 6.07) is 13.1. The molecule has 5 nitrogen and oxygen atoms in total. The second kappa shape index (κ2) is 8.19. The first kappa shape index (κ1) is 20.4. The van der Waals surface area contributed by atoms with Gasteiger partial charge in [0.1, 0.15) is 11.6 Å². The van der Waals surface area contributed by atoms with E-state index in [1.807, 2.05) is 53.0 Å². The minimum atomic E-state index is -0.216. The highest BCUT2D eigenvalue weighted by molar-refractivity contribution is 5.68. The lowest BCUT2D eigenvalue weighted by molar-refractivity contribution is 0.347. The maximum Gasteiger partial charge on any atom is 0.174 e. The van der Waals surface area contributed by atoms with E-state index >= 15 is 0 Å². The molecule has 0 radical (unpaired) electrons. The molecule has 0 saturated heterocycles. The molecule has 0 bridgehead atoms. The number of hydrogen-bond donors (Lipinski definition) is 0. The van der Waals surface area contributed by atoms with Crippen LogP contribution in [0.3, 0.4) is 0 Å². The molecule has 6 heteroatoms. The van der Waals surface area contributed by atoms with Crippen LogP contribution in [-0.4, -0.2) is 24.3 Å². The van der Waals surface area contributed by atoms with E-state index in [-0.39, 0.29) is 11.7 Å². The Bertz CT molecular complexity index is 1280. The number of rotatable bonds is 4. The van der Waals surface area contributed by atoms with Gasteiger partial charge in [-0.3, -0.25) is 0 Å². The molecule has 2 aromatic carbocycles. The second-order valence-electron chi connectivity index (χ2n) is 8.65. The predicted molar refractivity (Wildman–Crippen MR) is 124 cm³/mol. The van der Waals surface area contributed by atoms with E-state index in [0.29, 0.717) is 11.7 Å². The number of halogens is 1. The number of fused-ring (bicyclic) bond motifs is 1. The largest absolute Gasteiger partial charge is 0.306 e. The Kier molecular flexibility index (Phi) is 5.21. The monoisotopic (exact) mass is 427 g/mol. The van der Waals surface area contributed by atoms with Crippen LogP contribution < -0.4 is 0 Å². The van der Waals surface area contributed by atoms with Crippen LogP contribution >= 0.6 is 0 Å². The minimum Gasteiger partial charge on any atom is -0.306 e. The molecular formula is C26H26FN5. The van der Waals surface area contributed by atoms with Gasteiger partial charge in [-0.2, -0.15) is 5.10 Å². The molecule has 0 N–H and O–H groups in total. The van der Waals surface area contributed by atoms with E-state index in [1.54, 1.807) is 0 Å². The van der Waals surface area contributed by atoms with Crippen LogP contribution in [0.5, 0.6) is 0 Å². The standard InChI is InChI=1S/C26H26FN5/c1-17-12-13-32-26(25(17)21-6-8-22(27)9-7-21)29-24(30-32)11-5-20-4-10-23(18(2)14-20)31-15-19(3)28-16-31/h4-11,14-17,25H,12-13H2,1-3H3/b11-5+/t17-,25-/m0/s1. The van der Waals surface area contributed by atoms with Crippen LogP contribution in [0.25, 0.3) is 17.8 Å². The van der Waals surface area contributed by atoms with Gasteiger partial charge >= 0.3 is 0 Å². The Morgan fingerprint density at radius 2 is 1.88 bits per heavy atom. The summed E-state index contributed by atoms with van der Waals surface area (Å²) in [7, 11) is 0. The fourth-order valence-electron chi connectivity index (χ4n) is 4.53. The Labute approximate surface area is 187 Å². The molecule has 0 spiro atoms. The lowest BCUT2D eigenvalue weighted by atomic mass is 9.82. The number of aryl methyl sites for hydroxylation is 3. The molecule has 2 atom stereocenters. The Hall–Kier alpha value is -3.54. The highest BCUT2D eigenvalue weighted by Crippen LogP contribution is 2.36. The quantitative estimate of drug-likeness (QED) is 0.428. The van der Waals surface area contributed by atoms with Gasteiger partial charge in [0.2, 0.25) is 0 Å². The molecular weight excluding hydrogens is 401 g/mol. The van der Waals surface area contributed by atoms with Crippen LogP contribution in [0, 0.1) is 25.6 Å². The fourth-order valence-corrected chi connectivity index (χ4v) is 4.53. The number of benzene rings is 2. The molecule has 0 unspecified atom stereocenters. The first-order chi connectivity index (χ1) is 15.5. The van der Waals surface area contributed by atoms with Crippen LogP contribution in [0.1, 0.15) is 53.3 Å². The molecule has 0 fully saturated rings. The third kappa shape index (κ3) is 3.88. The van der Waals surface area contributed by atoms with Gasteiger partial charge in [-0.15, -0.1) is 0 Å². The van der Waals surface area contributed by atoms with Gasteiger partial charge in [0, 0.05) is 24.3 Å². The zero-order valence-corrected chi connectivity index (χ0v) is 18.5. The average molecular weight is 428 g/mol. The molecule has 0 aliphatic carbocycles. The molecule has 1 aliphatic rings. The van der Waals surface area contributed by atoms with E-state index in [0.717, 1.165) is 41.3 Å². The Morgan fingerprint density at radius 3 is 2.59 bits per heavy atom. The molecule has 0 amide bonds. The summed E-state index contributed by atoms with van der Waals surface area (Å²) in [5.74, 6) is 1.99.